The van der Waals surface area contributed by atoms with Gasteiger partial charge < -0.3 is 9.47 Å². The second-order valence-corrected chi connectivity index (χ2v) is 8.48. The summed E-state index contributed by atoms with van der Waals surface area (Å²) in [6.07, 6.45) is 0. The van der Waals surface area contributed by atoms with Crippen LogP contribution in [0.25, 0.3) is 11.2 Å². The molecule has 1 aromatic carbocycles. The zero-order chi connectivity index (χ0) is 20.2. The van der Waals surface area contributed by atoms with E-state index in [1.807, 2.05) is 42.7 Å². The van der Waals surface area contributed by atoms with Gasteiger partial charge in [-0.3, -0.25) is 13.9 Å². The second kappa shape index (κ2) is 6.81. The third kappa shape index (κ3) is 2.94. The minimum absolute atomic E-state index is 0.188. The number of aromatic nitrogens is 4. The number of halogens is 1. The molecule has 0 amide bonds. The number of imidazole rings is 1. The van der Waals surface area contributed by atoms with Crippen molar-refractivity contribution < 1.29 is 0 Å². The lowest BCUT2D eigenvalue weighted by Gasteiger charge is -2.33. The van der Waals surface area contributed by atoms with Crippen molar-refractivity contribution in [2.45, 2.75) is 33.9 Å². The maximum atomic E-state index is 13.2. The maximum absolute atomic E-state index is 13.2. The molecule has 0 unspecified atom stereocenters. The number of benzene rings is 1. The zero-order valence-corrected chi connectivity index (χ0v) is 17.3. The summed E-state index contributed by atoms with van der Waals surface area (Å²) in [5.41, 5.74) is 1.22. The van der Waals surface area contributed by atoms with Crippen LogP contribution in [-0.2, 0) is 20.1 Å². The average molecular weight is 402 g/mol. The Morgan fingerprint density at radius 1 is 1.25 bits per heavy atom. The first-order valence-corrected chi connectivity index (χ1v) is 9.89. The molecule has 0 fully saturated rings. The molecule has 148 valence electrons. The summed E-state index contributed by atoms with van der Waals surface area (Å²) in [7, 11) is 1.67. The molecule has 3 heterocycles. The van der Waals surface area contributed by atoms with Crippen LogP contribution in [0.2, 0.25) is 5.02 Å². The summed E-state index contributed by atoms with van der Waals surface area (Å²) < 4.78 is 4.75. The summed E-state index contributed by atoms with van der Waals surface area (Å²) in [6, 6.07) is 7.59. The molecular weight excluding hydrogens is 378 g/mol. The molecule has 0 saturated heterocycles. The van der Waals surface area contributed by atoms with Crippen LogP contribution in [0.1, 0.15) is 20.8 Å². The highest BCUT2D eigenvalue weighted by Gasteiger charge is 2.29. The first-order valence-electron chi connectivity index (χ1n) is 9.51. The van der Waals surface area contributed by atoms with Gasteiger partial charge in [-0.15, -0.1) is 0 Å². The standard InChI is InChI=1S/C20H24ClN5O2/c1-12(2)9-26-18(27)16-17(23(4)20(26)28)22-19-24(10-13(3)11-25(16)19)15-7-5-6-14(21)8-15/h5-8,12-13H,9-11H2,1-4H3/t13-/m1/s1. The first-order chi connectivity index (χ1) is 13.3. The van der Waals surface area contributed by atoms with Crippen molar-refractivity contribution in [1.82, 2.24) is 18.7 Å². The zero-order valence-electron chi connectivity index (χ0n) is 16.5. The highest BCUT2D eigenvalue weighted by atomic mass is 35.5. The van der Waals surface area contributed by atoms with Crippen molar-refractivity contribution in [3.05, 3.63) is 50.1 Å². The number of nitrogens with zero attached hydrogens (tertiary/aromatic N) is 5. The van der Waals surface area contributed by atoms with Gasteiger partial charge in [-0.25, -0.2) is 4.79 Å². The van der Waals surface area contributed by atoms with Gasteiger partial charge in [-0.2, -0.15) is 4.98 Å². The van der Waals surface area contributed by atoms with Crippen LogP contribution in [0, 0.1) is 11.8 Å². The predicted molar refractivity (Wildman–Crippen MR) is 112 cm³/mol. The summed E-state index contributed by atoms with van der Waals surface area (Å²) in [5, 5.41) is 0.644. The van der Waals surface area contributed by atoms with Crippen molar-refractivity contribution in [2.24, 2.45) is 18.9 Å². The van der Waals surface area contributed by atoms with Crippen molar-refractivity contribution in [2.75, 3.05) is 11.4 Å². The Kier molecular flexibility index (Phi) is 4.57. The fourth-order valence-corrected chi connectivity index (χ4v) is 4.08. The second-order valence-electron chi connectivity index (χ2n) is 8.04. The Morgan fingerprint density at radius 3 is 2.68 bits per heavy atom. The Labute approximate surface area is 167 Å². The van der Waals surface area contributed by atoms with Gasteiger partial charge in [-0.05, 0) is 30.0 Å². The minimum atomic E-state index is -0.330. The van der Waals surface area contributed by atoms with Crippen LogP contribution in [0.3, 0.4) is 0 Å². The Hall–Kier alpha value is -2.54. The molecule has 0 N–H and O–H groups in total. The molecule has 28 heavy (non-hydrogen) atoms. The number of hydrogen-bond donors (Lipinski definition) is 0. The van der Waals surface area contributed by atoms with Gasteiger partial charge in [-0.1, -0.05) is 38.4 Å². The van der Waals surface area contributed by atoms with Crippen LogP contribution in [-0.4, -0.2) is 25.2 Å². The van der Waals surface area contributed by atoms with Gasteiger partial charge in [0.15, 0.2) is 11.2 Å². The Morgan fingerprint density at radius 2 is 2.00 bits per heavy atom. The predicted octanol–water partition coefficient (Wildman–Crippen LogP) is 2.99. The van der Waals surface area contributed by atoms with Crippen molar-refractivity contribution >= 4 is 34.4 Å². The van der Waals surface area contributed by atoms with E-state index in [9.17, 15) is 9.59 Å². The van der Waals surface area contributed by atoms with E-state index in [0.29, 0.717) is 41.1 Å². The Bertz CT molecular complexity index is 1170. The van der Waals surface area contributed by atoms with Gasteiger partial charge >= 0.3 is 5.69 Å². The minimum Gasteiger partial charge on any atom is -0.312 e. The molecule has 0 spiro atoms. The quantitative estimate of drug-likeness (QED) is 0.676. The van der Waals surface area contributed by atoms with E-state index in [4.69, 9.17) is 16.6 Å². The van der Waals surface area contributed by atoms with Crippen molar-refractivity contribution in [3.63, 3.8) is 0 Å². The van der Waals surface area contributed by atoms with E-state index in [0.717, 1.165) is 12.2 Å². The topological polar surface area (TPSA) is 65.1 Å². The Balaban J connectivity index is 2.01. The van der Waals surface area contributed by atoms with Gasteiger partial charge in [0.2, 0.25) is 5.95 Å². The SMILES string of the molecule is CC(C)Cn1c(=O)c2c(nc3n2C[C@H](C)CN3c2cccc(Cl)c2)n(C)c1=O. The lowest BCUT2D eigenvalue weighted by Crippen LogP contribution is -2.41. The number of aryl methyl sites for hydroxylation is 1. The smallest absolute Gasteiger partial charge is 0.312 e. The molecule has 0 aliphatic carbocycles. The normalized spacial score (nSPS) is 16.8. The number of anilines is 2. The molecule has 0 radical (unpaired) electrons. The summed E-state index contributed by atoms with van der Waals surface area (Å²) in [5.74, 6) is 1.16. The molecule has 1 atom stereocenters. The third-order valence-corrected chi connectivity index (χ3v) is 5.34. The van der Waals surface area contributed by atoms with Crippen LogP contribution in [0.15, 0.2) is 33.9 Å². The molecule has 2 aromatic heterocycles. The van der Waals surface area contributed by atoms with E-state index in [-0.39, 0.29) is 17.2 Å². The summed E-state index contributed by atoms with van der Waals surface area (Å²) in [4.78, 5) is 32.8. The van der Waals surface area contributed by atoms with E-state index in [1.54, 1.807) is 7.05 Å². The molecule has 7 nitrogen and oxygen atoms in total. The van der Waals surface area contributed by atoms with Crippen LogP contribution in [0.5, 0.6) is 0 Å². The molecule has 1 aliphatic heterocycles. The molecular formula is C20H24ClN5O2. The van der Waals surface area contributed by atoms with Gasteiger partial charge in [0.05, 0.1) is 0 Å². The first kappa shape index (κ1) is 18.8. The fraction of sp³-hybridized carbons (Fsp3) is 0.450. The third-order valence-electron chi connectivity index (χ3n) is 5.11. The van der Waals surface area contributed by atoms with Crippen LogP contribution >= 0.6 is 11.6 Å². The van der Waals surface area contributed by atoms with Crippen molar-refractivity contribution in [1.29, 1.82) is 0 Å². The van der Waals surface area contributed by atoms with E-state index in [2.05, 4.69) is 11.8 Å². The number of fused-ring (bicyclic) bond motifs is 3. The van der Waals surface area contributed by atoms with Crippen molar-refractivity contribution in [3.8, 4) is 0 Å². The lowest BCUT2D eigenvalue weighted by atomic mass is 10.1. The van der Waals surface area contributed by atoms with E-state index in [1.165, 1.54) is 9.13 Å². The molecule has 8 heteroatoms. The number of rotatable bonds is 3. The fourth-order valence-electron chi connectivity index (χ4n) is 3.89. The van der Waals surface area contributed by atoms with E-state index < -0.39 is 0 Å². The van der Waals surface area contributed by atoms with E-state index >= 15 is 0 Å². The van der Waals surface area contributed by atoms with Gasteiger partial charge in [0.25, 0.3) is 5.56 Å². The van der Waals surface area contributed by atoms with Crippen LogP contribution < -0.4 is 16.1 Å². The average Bonchev–Trinajstić information content (AvgIpc) is 3.02. The molecule has 1 aliphatic rings. The van der Waals surface area contributed by atoms with Crippen LogP contribution in [0.4, 0.5) is 11.6 Å². The van der Waals surface area contributed by atoms with Gasteiger partial charge in [0.1, 0.15) is 0 Å². The summed E-state index contributed by atoms with van der Waals surface area (Å²) in [6.45, 7) is 7.95. The lowest BCUT2D eigenvalue weighted by molar-refractivity contribution is 0.454. The number of hydrogen-bond acceptors (Lipinski definition) is 4. The molecule has 3 aromatic rings. The largest absolute Gasteiger partial charge is 0.332 e. The highest BCUT2D eigenvalue weighted by Crippen LogP contribution is 2.33. The summed E-state index contributed by atoms with van der Waals surface area (Å²) >= 11 is 6.19. The monoisotopic (exact) mass is 401 g/mol. The highest BCUT2D eigenvalue weighted by molar-refractivity contribution is 6.30. The molecule has 0 bridgehead atoms. The molecule has 4 rings (SSSR count). The molecule has 0 saturated carbocycles. The maximum Gasteiger partial charge on any atom is 0.332 e. The van der Waals surface area contributed by atoms with Gasteiger partial charge in [0, 0.05) is 37.4 Å².